The minimum Gasteiger partial charge on any atom is -0.339 e. The molecule has 2 aromatic rings. The van der Waals surface area contributed by atoms with E-state index in [4.69, 9.17) is 0 Å². The monoisotopic (exact) mass is 379 g/mol. The highest BCUT2D eigenvalue weighted by molar-refractivity contribution is 6.36. The van der Waals surface area contributed by atoms with Crippen molar-refractivity contribution in [3.05, 3.63) is 76.0 Å². The average molecular weight is 379 g/mol. The van der Waals surface area contributed by atoms with Gasteiger partial charge in [0.05, 0.1) is 10.5 Å². The molecule has 0 N–H and O–H groups in total. The number of rotatable bonds is 6. The maximum absolute atomic E-state index is 13.1. The molecule has 0 saturated carbocycles. The normalized spacial score (nSPS) is 14.2. The Morgan fingerprint density at radius 2 is 1.61 bits per heavy atom. The van der Waals surface area contributed by atoms with E-state index in [-0.39, 0.29) is 34.7 Å². The van der Waals surface area contributed by atoms with Crippen molar-refractivity contribution in [2.45, 2.75) is 13.8 Å². The van der Waals surface area contributed by atoms with Gasteiger partial charge in [0, 0.05) is 31.4 Å². The Balaban J connectivity index is 2.12. The Hall–Kier alpha value is -3.48. The molecule has 2 aromatic carbocycles. The third kappa shape index (κ3) is 3.51. The van der Waals surface area contributed by atoms with Crippen LogP contribution in [0.25, 0.3) is 5.57 Å². The van der Waals surface area contributed by atoms with Crippen LogP contribution in [-0.4, -0.2) is 35.2 Å². The molecule has 0 saturated heterocycles. The fourth-order valence-corrected chi connectivity index (χ4v) is 3.20. The summed E-state index contributed by atoms with van der Waals surface area (Å²) >= 11 is 0. The second kappa shape index (κ2) is 7.64. The molecule has 0 aromatic heterocycles. The molecule has 7 nitrogen and oxygen atoms in total. The van der Waals surface area contributed by atoms with E-state index in [0.29, 0.717) is 12.1 Å². The van der Waals surface area contributed by atoms with Gasteiger partial charge >= 0.3 is 0 Å². The van der Waals surface area contributed by atoms with Gasteiger partial charge in [-0.1, -0.05) is 32.0 Å². The third-order valence-corrected chi connectivity index (χ3v) is 4.54. The molecule has 0 unspecified atom stereocenters. The van der Waals surface area contributed by atoms with Crippen molar-refractivity contribution in [3.8, 4) is 0 Å². The number of nitrogens with zero attached hydrogens (tertiary/aromatic N) is 3. The molecule has 7 heteroatoms. The number of non-ortho nitro benzene ring substituents is 1. The zero-order valence-corrected chi connectivity index (χ0v) is 16.0. The number of likely N-dealkylation sites (N-methyl/N-ethyl adjacent to an activating group) is 1. The van der Waals surface area contributed by atoms with Gasteiger partial charge in [0.1, 0.15) is 5.70 Å². The molecule has 1 heterocycles. The Labute approximate surface area is 163 Å². The minimum atomic E-state index is -0.498. The first-order valence-electron chi connectivity index (χ1n) is 8.95. The summed E-state index contributed by atoms with van der Waals surface area (Å²) in [5.74, 6) is -0.629. The summed E-state index contributed by atoms with van der Waals surface area (Å²) in [6, 6.07) is 15.0. The Morgan fingerprint density at radius 1 is 1.00 bits per heavy atom. The van der Waals surface area contributed by atoms with Crippen LogP contribution in [0.3, 0.4) is 0 Å². The highest BCUT2D eigenvalue weighted by Gasteiger charge is 2.41. The van der Waals surface area contributed by atoms with E-state index < -0.39 is 4.92 Å². The lowest BCUT2D eigenvalue weighted by Crippen LogP contribution is -2.36. The van der Waals surface area contributed by atoms with Gasteiger partial charge in [-0.2, -0.15) is 0 Å². The van der Waals surface area contributed by atoms with Gasteiger partial charge in [-0.3, -0.25) is 24.6 Å². The second-order valence-corrected chi connectivity index (χ2v) is 7.04. The number of anilines is 1. The highest BCUT2D eigenvalue weighted by atomic mass is 16.6. The van der Waals surface area contributed by atoms with E-state index >= 15 is 0 Å². The molecule has 0 atom stereocenters. The number of nitro groups is 1. The van der Waals surface area contributed by atoms with Gasteiger partial charge in [0.2, 0.25) is 0 Å². The number of benzene rings is 2. The van der Waals surface area contributed by atoms with Crippen LogP contribution < -0.4 is 4.90 Å². The maximum atomic E-state index is 13.1. The Bertz CT molecular complexity index is 949. The summed E-state index contributed by atoms with van der Waals surface area (Å²) in [6.45, 7) is 4.18. The van der Waals surface area contributed by atoms with Crippen LogP contribution >= 0.6 is 0 Å². The van der Waals surface area contributed by atoms with Crippen molar-refractivity contribution >= 4 is 28.8 Å². The molecule has 0 fully saturated rings. The van der Waals surface area contributed by atoms with E-state index in [1.807, 2.05) is 44.2 Å². The first-order chi connectivity index (χ1) is 13.3. The van der Waals surface area contributed by atoms with E-state index in [0.717, 1.165) is 5.69 Å². The topological polar surface area (TPSA) is 83.8 Å². The van der Waals surface area contributed by atoms with Crippen LogP contribution in [0.2, 0.25) is 0 Å². The van der Waals surface area contributed by atoms with Gasteiger partial charge in [-0.05, 0) is 35.7 Å². The number of imide groups is 1. The molecule has 0 spiro atoms. The van der Waals surface area contributed by atoms with Crippen LogP contribution in [0.15, 0.2) is 60.3 Å². The van der Waals surface area contributed by atoms with Crippen molar-refractivity contribution < 1.29 is 14.5 Å². The quantitative estimate of drug-likeness (QED) is 0.436. The predicted octanol–water partition coefficient (Wildman–Crippen LogP) is 3.47. The number of carbonyl (C=O) groups is 2. The van der Waals surface area contributed by atoms with Gasteiger partial charge in [-0.15, -0.1) is 0 Å². The standard InChI is InChI=1S/C21H21N3O4/c1-14(2)13-23-20(25)18(15-9-11-17(12-10-15)24(27)28)19(21(23)26)22(3)16-7-5-4-6-8-16/h4-12,14H,13H2,1-3H3. The van der Waals surface area contributed by atoms with E-state index in [9.17, 15) is 19.7 Å². The second-order valence-electron chi connectivity index (χ2n) is 7.04. The number of carbonyl (C=O) groups excluding carboxylic acids is 2. The summed E-state index contributed by atoms with van der Waals surface area (Å²) < 4.78 is 0. The van der Waals surface area contributed by atoms with Crippen molar-refractivity contribution in [3.63, 3.8) is 0 Å². The lowest BCUT2D eigenvalue weighted by Gasteiger charge is -2.22. The van der Waals surface area contributed by atoms with E-state index in [2.05, 4.69) is 0 Å². The first kappa shape index (κ1) is 19.3. The number of hydrogen-bond acceptors (Lipinski definition) is 5. The number of para-hydroxylation sites is 1. The summed E-state index contributed by atoms with van der Waals surface area (Å²) in [5.41, 5.74) is 1.70. The van der Waals surface area contributed by atoms with Crippen LogP contribution in [0, 0.1) is 16.0 Å². The summed E-state index contributed by atoms with van der Waals surface area (Å²) in [5, 5.41) is 10.9. The van der Waals surface area contributed by atoms with Gasteiger partial charge in [-0.25, -0.2) is 0 Å². The molecular formula is C21H21N3O4. The molecule has 3 rings (SSSR count). The predicted molar refractivity (Wildman–Crippen MR) is 106 cm³/mol. The fourth-order valence-electron chi connectivity index (χ4n) is 3.20. The van der Waals surface area contributed by atoms with Crippen LogP contribution in [0.1, 0.15) is 19.4 Å². The summed E-state index contributed by atoms with van der Waals surface area (Å²) in [4.78, 5) is 39.6. The molecule has 28 heavy (non-hydrogen) atoms. The lowest BCUT2D eigenvalue weighted by molar-refractivity contribution is -0.384. The Morgan fingerprint density at radius 3 is 2.14 bits per heavy atom. The number of nitro benzene ring substituents is 1. The average Bonchev–Trinajstić information content (AvgIpc) is 2.92. The van der Waals surface area contributed by atoms with Crippen LogP contribution in [0.4, 0.5) is 11.4 Å². The molecule has 144 valence electrons. The van der Waals surface area contributed by atoms with Crippen molar-refractivity contribution in [1.82, 2.24) is 4.90 Å². The number of hydrogen-bond donors (Lipinski definition) is 0. The number of amides is 2. The molecule has 0 radical (unpaired) electrons. The molecule has 2 amide bonds. The highest BCUT2D eigenvalue weighted by Crippen LogP contribution is 2.34. The molecule has 1 aliphatic heterocycles. The van der Waals surface area contributed by atoms with E-state index in [1.165, 1.54) is 29.2 Å². The van der Waals surface area contributed by atoms with Crippen molar-refractivity contribution in [2.75, 3.05) is 18.5 Å². The fraction of sp³-hybridized carbons (Fsp3) is 0.238. The van der Waals surface area contributed by atoms with Crippen molar-refractivity contribution in [1.29, 1.82) is 0 Å². The maximum Gasteiger partial charge on any atom is 0.278 e. The third-order valence-electron chi connectivity index (χ3n) is 4.54. The molecule has 0 bridgehead atoms. The largest absolute Gasteiger partial charge is 0.339 e. The van der Waals surface area contributed by atoms with E-state index in [1.54, 1.807) is 11.9 Å². The van der Waals surface area contributed by atoms with Gasteiger partial charge < -0.3 is 4.90 Å². The van der Waals surface area contributed by atoms with Crippen LogP contribution in [0.5, 0.6) is 0 Å². The van der Waals surface area contributed by atoms with Gasteiger partial charge in [0.15, 0.2) is 0 Å². The minimum absolute atomic E-state index is 0.0712. The van der Waals surface area contributed by atoms with Gasteiger partial charge in [0.25, 0.3) is 17.5 Å². The zero-order chi connectivity index (χ0) is 20.4. The lowest BCUT2D eigenvalue weighted by atomic mass is 10.0. The smallest absolute Gasteiger partial charge is 0.278 e. The summed E-state index contributed by atoms with van der Waals surface area (Å²) in [7, 11) is 1.74. The zero-order valence-electron chi connectivity index (χ0n) is 16.0. The first-order valence-corrected chi connectivity index (χ1v) is 8.95. The molecular weight excluding hydrogens is 358 g/mol. The van der Waals surface area contributed by atoms with Crippen molar-refractivity contribution in [2.24, 2.45) is 5.92 Å². The SMILES string of the molecule is CC(C)CN1C(=O)C(c2ccc([N+](=O)[O-])cc2)=C(N(C)c2ccccc2)C1=O. The Kier molecular flexibility index (Phi) is 5.26. The summed E-state index contributed by atoms with van der Waals surface area (Å²) in [6.07, 6.45) is 0. The molecule has 1 aliphatic rings. The van der Waals surface area contributed by atoms with Crippen LogP contribution in [-0.2, 0) is 9.59 Å². The molecule has 0 aliphatic carbocycles.